The molecule has 1 amide bonds. The van der Waals surface area contributed by atoms with Gasteiger partial charge < -0.3 is 34.2 Å². The summed E-state index contributed by atoms with van der Waals surface area (Å²) in [7, 11) is 0. The van der Waals surface area contributed by atoms with Crippen molar-refractivity contribution in [2.45, 2.75) is 147 Å². The van der Waals surface area contributed by atoms with Crippen LogP contribution >= 0.6 is 0 Å². The first-order valence-corrected chi connectivity index (χ1v) is 27.8. The molecule has 0 spiro atoms. The number of nitro groups is 1. The fourth-order valence-electron chi connectivity index (χ4n) is 11.9. The fraction of sp³-hybridized carbons (Fsp3) is 0.541. The van der Waals surface area contributed by atoms with Crippen molar-refractivity contribution in [2.75, 3.05) is 46.1 Å². The molecule has 0 unspecified atom stereocenters. The molecule has 2 N–H and O–H groups in total. The predicted octanol–water partition coefficient (Wildman–Crippen LogP) is 12.2. The maximum atomic E-state index is 15.6. The molecule has 8 rings (SSSR count). The van der Waals surface area contributed by atoms with Gasteiger partial charge in [-0.1, -0.05) is 131 Å². The Morgan fingerprint density at radius 2 is 1.64 bits per heavy atom. The van der Waals surface area contributed by atoms with E-state index < -0.39 is 22.7 Å². The number of amides is 1. The van der Waals surface area contributed by atoms with Gasteiger partial charge in [-0.15, -0.1) is 6.58 Å². The van der Waals surface area contributed by atoms with Crippen molar-refractivity contribution < 1.29 is 39.0 Å². The monoisotopic (exact) mass is 1010 g/mol. The summed E-state index contributed by atoms with van der Waals surface area (Å²) in [6.07, 6.45) is 19.5. The Morgan fingerprint density at radius 1 is 0.905 bits per heavy atom. The number of aliphatic hydroxyl groups excluding tert-OH is 2. The molecule has 13 nitrogen and oxygen atoms in total. The maximum absolute atomic E-state index is 15.6. The number of carbonyl (C=O) groups is 1. The topological polar surface area (TPSA) is 156 Å². The summed E-state index contributed by atoms with van der Waals surface area (Å²) in [5.41, 5.74) is 4.40. The van der Waals surface area contributed by atoms with Crippen LogP contribution in [0, 0.1) is 27.9 Å². The molecule has 0 aromatic heterocycles. The van der Waals surface area contributed by atoms with Crippen molar-refractivity contribution in [2.24, 2.45) is 22.9 Å². The first kappa shape index (κ1) is 54.7. The number of hydrogen-bond donors (Lipinski definition) is 2. The van der Waals surface area contributed by atoms with E-state index in [1.54, 1.807) is 18.2 Å². The van der Waals surface area contributed by atoms with E-state index in [0.29, 0.717) is 43.9 Å². The smallest absolute Gasteiger partial charge is 0.269 e. The Bertz CT molecular complexity index is 2520. The lowest BCUT2D eigenvalue weighted by Crippen LogP contribution is -2.70. The number of nitrogens with zero attached hydrogens (tertiary/aromatic N) is 4. The molecule has 6 atom stereocenters. The second kappa shape index (κ2) is 27.3. The molecule has 1 saturated carbocycles. The highest BCUT2D eigenvalue weighted by Crippen LogP contribution is 2.62. The van der Waals surface area contributed by atoms with E-state index in [1.165, 1.54) is 44.2 Å². The molecule has 13 heteroatoms. The molecular formula is C61H80N4O9. The SMILES string of the molecule is C=CCO[C@@]12Oc3ccc(OCCN4CC4)cc3[C@H]3[C@H](CCCCO)[C@@H](CCCCO)C=C(C(=NOCc4ccc([N+](=O)[O-])cc4)C[C@@H]1N(Cc1cccc4ccccc14)C(=O)CCCCCCCCCCC)[C@H]32. The molecule has 2 heterocycles. The highest BCUT2D eigenvalue weighted by atomic mass is 16.7. The third-order valence-electron chi connectivity index (χ3n) is 15.8. The van der Waals surface area contributed by atoms with Crippen molar-refractivity contribution in [3.63, 3.8) is 0 Å². The number of unbranched alkanes of at least 4 members (excludes halogenated alkanes) is 10. The average molecular weight is 1010 g/mol. The maximum Gasteiger partial charge on any atom is 0.269 e. The van der Waals surface area contributed by atoms with Crippen molar-refractivity contribution in [3.05, 3.63) is 136 Å². The molecule has 398 valence electrons. The predicted molar refractivity (Wildman–Crippen MR) is 291 cm³/mol. The van der Waals surface area contributed by atoms with Gasteiger partial charge in [-0.25, -0.2) is 0 Å². The van der Waals surface area contributed by atoms with Gasteiger partial charge in [0.05, 0.1) is 23.2 Å². The number of nitro benzene ring substituents is 1. The van der Waals surface area contributed by atoms with Crippen LogP contribution in [0.1, 0.15) is 139 Å². The van der Waals surface area contributed by atoms with E-state index >= 15 is 4.79 Å². The van der Waals surface area contributed by atoms with Gasteiger partial charge >= 0.3 is 0 Å². The molecule has 2 aliphatic carbocycles. The largest absolute Gasteiger partial charge is 0.492 e. The number of oxime groups is 1. The van der Waals surface area contributed by atoms with E-state index in [4.69, 9.17) is 24.2 Å². The molecule has 4 aromatic carbocycles. The molecule has 0 bridgehead atoms. The Labute approximate surface area is 438 Å². The first-order chi connectivity index (χ1) is 36.3. The Morgan fingerprint density at radius 3 is 2.36 bits per heavy atom. The Kier molecular flexibility index (Phi) is 20.1. The number of benzene rings is 4. The molecular weight excluding hydrogens is 933 g/mol. The minimum Gasteiger partial charge on any atom is -0.492 e. The standard InChI is InChI=1S/C61H80N4O9/c1-3-5-6-7-8-9-10-11-12-26-58(68)64(43-48-23-19-22-46-20-13-14-24-51(46)48)57-42-55(62-73-44-45-27-29-49(30-28-45)65(69)70)53-40-47(21-15-17-36-66)52(25-16-18-37-67)59-54-41-50(71-39-35-63-33-34-63)31-32-56(54)74-61(57,60(53)59)72-38-4-2/h4,13-14,19-20,22-24,27-32,40-41,47,52,57,59-60,66-67H,2-3,5-12,15-18,21,25-26,33-39,42-44H2,1H3/t47-,52+,57-,59+,60+,61+/m0/s1. The summed E-state index contributed by atoms with van der Waals surface area (Å²) in [6, 6.07) is 26.4. The molecule has 0 radical (unpaired) electrons. The van der Waals surface area contributed by atoms with E-state index in [2.05, 4.69) is 60.9 Å². The van der Waals surface area contributed by atoms with Crippen LogP contribution in [0.4, 0.5) is 5.69 Å². The molecule has 4 aromatic rings. The van der Waals surface area contributed by atoms with Crippen LogP contribution in [0.3, 0.4) is 0 Å². The minimum absolute atomic E-state index is 0.00423. The zero-order valence-corrected chi connectivity index (χ0v) is 43.8. The Balaban J connectivity index is 1.27. The summed E-state index contributed by atoms with van der Waals surface area (Å²) in [5, 5.41) is 38.9. The second-order valence-corrected chi connectivity index (χ2v) is 20.9. The Hall–Kier alpha value is -5.60. The van der Waals surface area contributed by atoms with Crippen molar-refractivity contribution in [1.29, 1.82) is 0 Å². The lowest BCUT2D eigenvalue weighted by molar-refractivity contribution is -0.384. The molecule has 74 heavy (non-hydrogen) atoms. The summed E-state index contributed by atoms with van der Waals surface area (Å²) < 4.78 is 21.4. The van der Waals surface area contributed by atoms with Crippen molar-refractivity contribution in [3.8, 4) is 11.5 Å². The van der Waals surface area contributed by atoms with Crippen LogP contribution in [0.5, 0.6) is 11.5 Å². The van der Waals surface area contributed by atoms with Gasteiger partial charge in [0.1, 0.15) is 30.8 Å². The quantitative estimate of drug-likeness (QED) is 0.0159. The van der Waals surface area contributed by atoms with Gasteiger partial charge in [-0.3, -0.25) is 19.8 Å². The van der Waals surface area contributed by atoms with Crippen LogP contribution in [0.25, 0.3) is 10.8 Å². The normalized spacial score (nSPS) is 22.3. The highest BCUT2D eigenvalue weighted by Gasteiger charge is 2.65. The number of allylic oxidation sites excluding steroid dienone is 1. The molecule has 4 aliphatic rings. The first-order valence-electron chi connectivity index (χ1n) is 27.8. The van der Waals surface area contributed by atoms with Crippen LogP contribution in [-0.4, -0.2) is 94.4 Å². The number of fused-ring (bicyclic) bond motifs is 3. The van der Waals surface area contributed by atoms with Crippen LogP contribution in [0.2, 0.25) is 0 Å². The summed E-state index contributed by atoms with van der Waals surface area (Å²) in [4.78, 5) is 37.4. The van der Waals surface area contributed by atoms with Crippen LogP contribution in [-0.2, 0) is 27.5 Å². The fourth-order valence-corrected chi connectivity index (χ4v) is 11.9. The van der Waals surface area contributed by atoms with Crippen LogP contribution < -0.4 is 9.47 Å². The van der Waals surface area contributed by atoms with Gasteiger partial charge in [0.2, 0.25) is 11.7 Å². The van der Waals surface area contributed by atoms with Crippen LogP contribution in [0.15, 0.2) is 114 Å². The summed E-state index contributed by atoms with van der Waals surface area (Å²) in [6.45, 7) is 10.7. The van der Waals surface area contributed by atoms with Gasteiger partial charge in [-0.05, 0) is 102 Å². The van der Waals surface area contributed by atoms with Gasteiger partial charge in [-0.2, -0.15) is 0 Å². The van der Waals surface area contributed by atoms with Gasteiger partial charge in [0.25, 0.3) is 5.69 Å². The summed E-state index contributed by atoms with van der Waals surface area (Å²) >= 11 is 0. The number of hydrogen-bond acceptors (Lipinski definition) is 11. The van der Waals surface area contributed by atoms with Gasteiger partial charge in [0.15, 0.2) is 0 Å². The number of ether oxygens (including phenoxy) is 3. The average Bonchev–Trinajstić information content (AvgIpc) is 4.26. The molecule has 2 fully saturated rings. The highest BCUT2D eigenvalue weighted by molar-refractivity contribution is 6.03. The minimum atomic E-state index is -1.42. The number of aliphatic hydroxyl groups is 2. The second-order valence-electron chi connectivity index (χ2n) is 20.9. The number of rotatable bonds is 32. The van der Waals surface area contributed by atoms with Crippen molar-refractivity contribution >= 4 is 28.1 Å². The molecule has 1 saturated heterocycles. The lowest BCUT2D eigenvalue weighted by Gasteiger charge is -2.60. The number of non-ortho nitro benzene ring substituents is 1. The van der Waals surface area contributed by atoms with E-state index in [-0.39, 0.29) is 62.2 Å². The van der Waals surface area contributed by atoms with E-state index in [9.17, 15) is 20.3 Å². The van der Waals surface area contributed by atoms with E-state index in [0.717, 1.165) is 110 Å². The zero-order chi connectivity index (χ0) is 51.7. The summed E-state index contributed by atoms with van der Waals surface area (Å²) in [5.74, 6) is -0.516. The third kappa shape index (κ3) is 13.6. The van der Waals surface area contributed by atoms with E-state index in [1.807, 2.05) is 29.2 Å². The number of carbonyl (C=O) groups excluding carboxylic acids is 1. The lowest BCUT2D eigenvalue weighted by atomic mass is 9.55. The van der Waals surface area contributed by atoms with Crippen molar-refractivity contribution in [1.82, 2.24) is 9.80 Å². The van der Waals surface area contributed by atoms with Gasteiger partial charge in [0, 0.05) is 75.8 Å². The zero-order valence-electron chi connectivity index (χ0n) is 43.8. The molecule has 2 aliphatic heterocycles. The third-order valence-corrected chi connectivity index (χ3v) is 15.8.